The van der Waals surface area contributed by atoms with E-state index in [0.29, 0.717) is 0 Å². The highest BCUT2D eigenvalue weighted by Gasteiger charge is 2.03. The normalized spacial score (nSPS) is 14.9. The third-order valence-corrected chi connectivity index (χ3v) is 2.47. The van der Waals surface area contributed by atoms with Gasteiger partial charge in [0, 0.05) is 13.2 Å². The number of nitrogens with two attached hydrogens (primary N) is 1. The molecular formula is C13H21NO. The van der Waals surface area contributed by atoms with Gasteiger partial charge < -0.3 is 10.5 Å². The fraction of sp³-hybridized carbons (Fsp3) is 0.538. The zero-order chi connectivity index (χ0) is 11.3. The van der Waals surface area contributed by atoms with Crippen LogP contribution < -0.4 is 5.73 Å². The van der Waals surface area contributed by atoms with Crippen molar-refractivity contribution in [1.82, 2.24) is 0 Å². The molecule has 2 heteroatoms. The molecule has 0 aliphatic rings. The van der Waals surface area contributed by atoms with E-state index in [-0.39, 0.29) is 12.1 Å². The number of benzene rings is 1. The molecule has 2 N–H and O–H groups in total. The Morgan fingerprint density at radius 2 is 1.80 bits per heavy atom. The second-order valence-electron chi connectivity index (χ2n) is 4.25. The minimum Gasteiger partial charge on any atom is -0.381 e. The molecule has 2 nitrogen and oxygen atoms in total. The lowest BCUT2D eigenvalue weighted by atomic mass is 10.0. The van der Waals surface area contributed by atoms with Crippen molar-refractivity contribution in [3.05, 3.63) is 35.4 Å². The predicted molar refractivity (Wildman–Crippen MR) is 64.0 cm³/mol. The minimum absolute atomic E-state index is 0.222. The van der Waals surface area contributed by atoms with E-state index in [1.165, 1.54) is 11.1 Å². The zero-order valence-corrected chi connectivity index (χ0v) is 9.86. The molecule has 0 amide bonds. The average Bonchev–Trinajstić information content (AvgIpc) is 2.17. The number of methoxy groups -OCH3 is 1. The Hall–Kier alpha value is -0.860. The van der Waals surface area contributed by atoms with Gasteiger partial charge in [-0.3, -0.25) is 0 Å². The standard InChI is InChI=1S/C13H21NO/c1-10(14)7-12-5-4-6-13(9-12)8-11(2)15-3/h4-6,9-11H,7-8,14H2,1-3H3. The number of rotatable bonds is 5. The van der Waals surface area contributed by atoms with Crippen molar-refractivity contribution in [2.24, 2.45) is 5.73 Å². The molecule has 0 spiro atoms. The van der Waals surface area contributed by atoms with Crippen molar-refractivity contribution in [2.75, 3.05) is 7.11 Å². The first kappa shape index (κ1) is 12.2. The van der Waals surface area contributed by atoms with Crippen LogP contribution in [0.1, 0.15) is 25.0 Å². The first-order valence-corrected chi connectivity index (χ1v) is 5.48. The fourth-order valence-corrected chi connectivity index (χ4v) is 1.67. The van der Waals surface area contributed by atoms with Crippen LogP contribution in [-0.4, -0.2) is 19.3 Å². The molecule has 0 saturated heterocycles. The van der Waals surface area contributed by atoms with Gasteiger partial charge in [0.25, 0.3) is 0 Å². The van der Waals surface area contributed by atoms with Crippen molar-refractivity contribution in [3.8, 4) is 0 Å². The Morgan fingerprint density at radius 3 is 2.33 bits per heavy atom. The summed E-state index contributed by atoms with van der Waals surface area (Å²) in [7, 11) is 1.75. The first-order valence-electron chi connectivity index (χ1n) is 5.48. The summed E-state index contributed by atoms with van der Waals surface area (Å²) in [5.41, 5.74) is 8.41. The van der Waals surface area contributed by atoms with Crippen molar-refractivity contribution in [2.45, 2.75) is 38.8 Å². The topological polar surface area (TPSA) is 35.2 Å². The van der Waals surface area contributed by atoms with Gasteiger partial charge in [0.05, 0.1) is 6.10 Å². The van der Waals surface area contributed by atoms with E-state index >= 15 is 0 Å². The summed E-state index contributed by atoms with van der Waals surface area (Å²) in [5, 5.41) is 0. The lowest BCUT2D eigenvalue weighted by molar-refractivity contribution is 0.119. The van der Waals surface area contributed by atoms with Gasteiger partial charge in [0.2, 0.25) is 0 Å². The Morgan fingerprint density at radius 1 is 1.20 bits per heavy atom. The molecule has 0 aromatic heterocycles. The van der Waals surface area contributed by atoms with Gasteiger partial charge in [-0.1, -0.05) is 24.3 Å². The van der Waals surface area contributed by atoms with Gasteiger partial charge in [0.1, 0.15) is 0 Å². The summed E-state index contributed by atoms with van der Waals surface area (Å²) < 4.78 is 5.25. The highest BCUT2D eigenvalue weighted by molar-refractivity contribution is 5.24. The largest absolute Gasteiger partial charge is 0.381 e. The summed E-state index contributed by atoms with van der Waals surface area (Å²) in [5.74, 6) is 0. The molecule has 0 fully saturated rings. The molecule has 2 atom stereocenters. The van der Waals surface area contributed by atoms with Crippen molar-refractivity contribution < 1.29 is 4.74 Å². The fourth-order valence-electron chi connectivity index (χ4n) is 1.67. The Labute approximate surface area is 92.4 Å². The zero-order valence-electron chi connectivity index (χ0n) is 9.86. The SMILES string of the molecule is COC(C)Cc1cccc(CC(C)N)c1. The average molecular weight is 207 g/mol. The number of hydrogen-bond donors (Lipinski definition) is 1. The maximum absolute atomic E-state index is 5.78. The van der Waals surface area contributed by atoms with Crippen molar-refractivity contribution >= 4 is 0 Å². The van der Waals surface area contributed by atoms with E-state index in [9.17, 15) is 0 Å². The summed E-state index contributed by atoms with van der Waals surface area (Å²) in [4.78, 5) is 0. The van der Waals surface area contributed by atoms with Crippen LogP contribution in [0.4, 0.5) is 0 Å². The monoisotopic (exact) mass is 207 g/mol. The maximum atomic E-state index is 5.78. The van der Waals surface area contributed by atoms with Crippen LogP contribution in [0.25, 0.3) is 0 Å². The van der Waals surface area contributed by atoms with Gasteiger partial charge in [-0.25, -0.2) is 0 Å². The molecule has 0 bridgehead atoms. The van der Waals surface area contributed by atoms with E-state index in [2.05, 4.69) is 31.2 Å². The van der Waals surface area contributed by atoms with E-state index in [1.54, 1.807) is 7.11 Å². The van der Waals surface area contributed by atoms with E-state index in [4.69, 9.17) is 10.5 Å². The molecule has 0 saturated carbocycles. The molecule has 0 radical (unpaired) electrons. The summed E-state index contributed by atoms with van der Waals surface area (Å²) in [6.45, 7) is 4.11. The number of ether oxygens (including phenoxy) is 1. The molecule has 2 unspecified atom stereocenters. The minimum atomic E-state index is 0.222. The molecule has 1 rings (SSSR count). The molecule has 0 heterocycles. The molecular weight excluding hydrogens is 186 g/mol. The molecule has 15 heavy (non-hydrogen) atoms. The van der Waals surface area contributed by atoms with Crippen LogP contribution in [0.3, 0.4) is 0 Å². The summed E-state index contributed by atoms with van der Waals surface area (Å²) in [6.07, 6.45) is 2.17. The van der Waals surface area contributed by atoms with Crippen LogP contribution in [0, 0.1) is 0 Å². The lowest BCUT2D eigenvalue weighted by Crippen LogP contribution is -2.18. The lowest BCUT2D eigenvalue weighted by Gasteiger charge is -2.11. The van der Waals surface area contributed by atoms with Crippen LogP contribution in [0.5, 0.6) is 0 Å². The second kappa shape index (κ2) is 5.89. The second-order valence-corrected chi connectivity index (χ2v) is 4.25. The highest BCUT2D eigenvalue weighted by atomic mass is 16.5. The Balaban J connectivity index is 2.65. The third-order valence-electron chi connectivity index (χ3n) is 2.47. The molecule has 0 aliphatic heterocycles. The smallest absolute Gasteiger partial charge is 0.0583 e. The van der Waals surface area contributed by atoms with E-state index < -0.39 is 0 Å². The van der Waals surface area contributed by atoms with Crippen LogP contribution >= 0.6 is 0 Å². The first-order chi connectivity index (χ1) is 7.11. The summed E-state index contributed by atoms with van der Waals surface area (Å²) >= 11 is 0. The van der Waals surface area contributed by atoms with E-state index in [0.717, 1.165) is 12.8 Å². The van der Waals surface area contributed by atoms with Gasteiger partial charge in [-0.15, -0.1) is 0 Å². The van der Waals surface area contributed by atoms with Crippen molar-refractivity contribution in [1.29, 1.82) is 0 Å². The summed E-state index contributed by atoms with van der Waals surface area (Å²) in [6, 6.07) is 8.80. The molecule has 0 aliphatic carbocycles. The van der Waals surface area contributed by atoms with Gasteiger partial charge >= 0.3 is 0 Å². The van der Waals surface area contributed by atoms with Gasteiger partial charge in [0.15, 0.2) is 0 Å². The maximum Gasteiger partial charge on any atom is 0.0583 e. The van der Waals surface area contributed by atoms with Crippen molar-refractivity contribution in [3.63, 3.8) is 0 Å². The molecule has 1 aromatic rings. The van der Waals surface area contributed by atoms with Crippen LogP contribution in [0.15, 0.2) is 24.3 Å². The predicted octanol–water partition coefficient (Wildman–Crippen LogP) is 2.15. The van der Waals surface area contributed by atoms with Gasteiger partial charge in [-0.2, -0.15) is 0 Å². The number of hydrogen-bond acceptors (Lipinski definition) is 2. The van der Waals surface area contributed by atoms with Crippen LogP contribution in [0.2, 0.25) is 0 Å². The molecule has 1 aromatic carbocycles. The Bertz CT molecular complexity index is 296. The Kier molecular flexibility index (Phi) is 4.79. The third kappa shape index (κ3) is 4.45. The van der Waals surface area contributed by atoms with Gasteiger partial charge in [-0.05, 0) is 37.8 Å². The van der Waals surface area contributed by atoms with E-state index in [1.807, 2.05) is 6.92 Å². The van der Waals surface area contributed by atoms with Crippen LogP contribution in [-0.2, 0) is 17.6 Å². The highest BCUT2D eigenvalue weighted by Crippen LogP contribution is 2.10. The quantitative estimate of drug-likeness (QED) is 0.803. The molecule has 84 valence electrons.